The topological polar surface area (TPSA) is 118 Å². The normalized spacial score (nSPS) is 10.0. The van der Waals surface area contributed by atoms with E-state index in [0.29, 0.717) is 6.54 Å². The van der Waals surface area contributed by atoms with Gasteiger partial charge < -0.3 is 10.4 Å². The fraction of sp³-hybridized carbons (Fsp3) is 0.0833. The summed E-state index contributed by atoms with van der Waals surface area (Å²) < 4.78 is 0. The summed E-state index contributed by atoms with van der Waals surface area (Å²) in [6, 6.07) is 7.29. The third-order valence-corrected chi connectivity index (χ3v) is 2.47. The number of aromatic nitrogens is 2. The number of non-ortho nitro benzene ring substituents is 1. The molecule has 2 N–H and O–H groups in total. The van der Waals surface area contributed by atoms with E-state index in [2.05, 4.69) is 15.3 Å². The van der Waals surface area contributed by atoms with E-state index < -0.39 is 10.9 Å². The molecule has 0 atom stereocenters. The van der Waals surface area contributed by atoms with Gasteiger partial charge >= 0.3 is 5.97 Å². The first-order chi connectivity index (χ1) is 9.56. The number of nitrogens with one attached hydrogen (secondary N) is 1. The fourth-order valence-corrected chi connectivity index (χ4v) is 1.48. The number of nitro groups is 1. The molecule has 0 spiro atoms. The molecule has 2 rings (SSSR count). The summed E-state index contributed by atoms with van der Waals surface area (Å²) in [5.41, 5.74) is 0.698. The summed E-state index contributed by atoms with van der Waals surface area (Å²) in [4.78, 5) is 28.5. The Labute approximate surface area is 113 Å². The molecule has 0 saturated carbocycles. The number of nitrogens with zero attached hydrogens (tertiary/aromatic N) is 3. The Kier molecular flexibility index (Phi) is 3.85. The zero-order chi connectivity index (χ0) is 14.5. The van der Waals surface area contributed by atoms with Crippen molar-refractivity contribution < 1.29 is 14.8 Å². The molecule has 0 radical (unpaired) electrons. The maximum atomic E-state index is 10.7. The lowest BCUT2D eigenvalue weighted by atomic mass is 10.2. The Hall–Kier alpha value is -3.03. The first-order valence-electron chi connectivity index (χ1n) is 5.60. The minimum absolute atomic E-state index is 0.0119. The fourth-order valence-electron chi connectivity index (χ4n) is 1.48. The van der Waals surface area contributed by atoms with Crippen molar-refractivity contribution in [2.24, 2.45) is 0 Å². The Morgan fingerprint density at radius 3 is 2.60 bits per heavy atom. The van der Waals surface area contributed by atoms with Crippen molar-refractivity contribution >= 4 is 17.6 Å². The summed E-state index contributed by atoms with van der Waals surface area (Å²) in [6.45, 7) is 0.334. The third-order valence-electron chi connectivity index (χ3n) is 2.47. The average Bonchev–Trinajstić information content (AvgIpc) is 2.46. The molecule has 1 aromatic carbocycles. The van der Waals surface area contributed by atoms with E-state index in [0.717, 1.165) is 5.56 Å². The van der Waals surface area contributed by atoms with Gasteiger partial charge in [-0.3, -0.25) is 10.1 Å². The van der Waals surface area contributed by atoms with E-state index >= 15 is 0 Å². The van der Waals surface area contributed by atoms with Crippen LogP contribution in [0.3, 0.4) is 0 Å². The number of hydrogen-bond donors (Lipinski definition) is 2. The monoisotopic (exact) mass is 274 g/mol. The Morgan fingerprint density at radius 2 is 2.00 bits per heavy atom. The van der Waals surface area contributed by atoms with Gasteiger partial charge in [-0.25, -0.2) is 14.8 Å². The number of carboxylic acids is 1. The van der Waals surface area contributed by atoms with Crippen molar-refractivity contribution in [3.63, 3.8) is 0 Å². The Morgan fingerprint density at radius 1 is 1.30 bits per heavy atom. The second kappa shape index (κ2) is 5.74. The molecule has 20 heavy (non-hydrogen) atoms. The van der Waals surface area contributed by atoms with E-state index in [9.17, 15) is 14.9 Å². The van der Waals surface area contributed by atoms with Gasteiger partial charge in [-0.15, -0.1) is 0 Å². The molecule has 8 heteroatoms. The molecule has 1 aromatic heterocycles. The van der Waals surface area contributed by atoms with E-state index in [-0.39, 0.29) is 17.3 Å². The number of nitro benzene ring substituents is 1. The molecule has 0 unspecified atom stereocenters. The number of hydrogen-bond acceptors (Lipinski definition) is 6. The van der Waals surface area contributed by atoms with Crippen molar-refractivity contribution in [3.8, 4) is 0 Å². The van der Waals surface area contributed by atoms with Crippen molar-refractivity contribution in [1.82, 2.24) is 9.97 Å². The van der Waals surface area contributed by atoms with Crippen molar-refractivity contribution in [1.29, 1.82) is 0 Å². The summed E-state index contributed by atoms with van der Waals surface area (Å²) in [7, 11) is 0. The van der Waals surface area contributed by atoms with Crippen LogP contribution in [0, 0.1) is 10.1 Å². The summed E-state index contributed by atoms with van der Waals surface area (Å²) in [6.07, 6.45) is 1.34. The number of aromatic carboxylic acids is 1. The van der Waals surface area contributed by atoms with Gasteiger partial charge in [0.25, 0.3) is 5.69 Å². The van der Waals surface area contributed by atoms with Crippen LogP contribution in [-0.2, 0) is 6.54 Å². The van der Waals surface area contributed by atoms with Crippen LogP contribution < -0.4 is 5.32 Å². The number of anilines is 1. The molecule has 2 aromatic rings. The quantitative estimate of drug-likeness (QED) is 0.629. The van der Waals surface area contributed by atoms with Crippen molar-refractivity contribution in [3.05, 3.63) is 57.9 Å². The van der Waals surface area contributed by atoms with Crippen LogP contribution in [0.15, 0.2) is 36.5 Å². The minimum atomic E-state index is -1.13. The van der Waals surface area contributed by atoms with Gasteiger partial charge in [-0.05, 0) is 11.6 Å². The van der Waals surface area contributed by atoms with Gasteiger partial charge in [-0.1, -0.05) is 12.1 Å². The first kappa shape index (κ1) is 13.4. The maximum absolute atomic E-state index is 10.7. The van der Waals surface area contributed by atoms with Crippen LogP contribution in [0.2, 0.25) is 0 Å². The number of carboxylic acid groups (broad SMARTS) is 1. The molecule has 0 aliphatic rings. The largest absolute Gasteiger partial charge is 0.477 e. The van der Waals surface area contributed by atoms with E-state index in [1.54, 1.807) is 12.1 Å². The predicted molar refractivity (Wildman–Crippen MR) is 69.4 cm³/mol. The van der Waals surface area contributed by atoms with Crippen molar-refractivity contribution in [2.75, 3.05) is 5.32 Å². The van der Waals surface area contributed by atoms with E-state index in [4.69, 9.17) is 5.11 Å². The number of rotatable bonds is 5. The second-order valence-corrected chi connectivity index (χ2v) is 3.85. The first-order valence-corrected chi connectivity index (χ1v) is 5.60. The third kappa shape index (κ3) is 3.25. The predicted octanol–water partition coefficient (Wildman–Crippen LogP) is 1.70. The summed E-state index contributed by atoms with van der Waals surface area (Å²) in [5, 5.41) is 22.2. The Balaban J connectivity index is 2.03. The van der Waals surface area contributed by atoms with Crippen LogP contribution in [0.25, 0.3) is 0 Å². The molecule has 0 bridgehead atoms. The van der Waals surface area contributed by atoms with Crippen LogP contribution >= 0.6 is 0 Å². The highest BCUT2D eigenvalue weighted by Crippen LogP contribution is 2.12. The smallest absolute Gasteiger partial charge is 0.354 e. The molecule has 0 amide bonds. The molecule has 0 fully saturated rings. The molecular weight excluding hydrogens is 264 g/mol. The zero-order valence-electron chi connectivity index (χ0n) is 10.2. The van der Waals surface area contributed by atoms with Crippen LogP contribution in [0.4, 0.5) is 11.6 Å². The number of carbonyl (C=O) groups is 1. The van der Waals surface area contributed by atoms with Crippen molar-refractivity contribution in [2.45, 2.75) is 6.54 Å². The van der Waals surface area contributed by atoms with Gasteiger partial charge in [0.15, 0.2) is 5.69 Å². The second-order valence-electron chi connectivity index (χ2n) is 3.85. The zero-order valence-corrected chi connectivity index (χ0v) is 10.2. The summed E-state index contributed by atoms with van der Waals surface area (Å²) >= 11 is 0. The highest BCUT2D eigenvalue weighted by atomic mass is 16.6. The minimum Gasteiger partial charge on any atom is -0.477 e. The molecular formula is C12H10N4O4. The van der Waals surface area contributed by atoms with Gasteiger partial charge in [0.1, 0.15) is 0 Å². The standard InChI is InChI=1S/C12H10N4O4/c17-11(18)10-5-6-13-12(15-10)14-7-8-1-3-9(4-2-8)16(19)20/h1-6H,7H2,(H,17,18)(H,13,14,15). The molecule has 0 saturated heterocycles. The van der Waals surface area contributed by atoms with Gasteiger partial charge in [-0.2, -0.15) is 0 Å². The van der Waals surface area contributed by atoms with E-state index in [1.807, 2.05) is 0 Å². The SMILES string of the molecule is O=C(O)c1ccnc(NCc2ccc([N+](=O)[O-])cc2)n1. The lowest BCUT2D eigenvalue weighted by Gasteiger charge is -2.05. The Bertz CT molecular complexity index is 642. The lowest BCUT2D eigenvalue weighted by Crippen LogP contribution is -2.07. The van der Waals surface area contributed by atoms with Gasteiger partial charge in [0, 0.05) is 24.9 Å². The van der Waals surface area contributed by atoms with Crippen LogP contribution in [0.5, 0.6) is 0 Å². The molecule has 8 nitrogen and oxygen atoms in total. The average molecular weight is 274 g/mol. The van der Waals surface area contributed by atoms with Gasteiger partial charge in [0.05, 0.1) is 4.92 Å². The van der Waals surface area contributed by atoms with E-state index in [1.165, 1.54) is 24.4 Å². The van der Waals surface area contributed by atoms with Gasteiger partial charge in [0.2, 0.25) is 5.95 Å². The molecule has 0 aliphatic heterocycles. The van der Waals surface area contributed by atoms with Crippen LogP contribution in [-0.4, -0.2) is 26.0 Å². The van der Waals surface area contributed by atoms with Crippen LogP contribution in [0.1, 0.15) is 16.1 Å². The lowest BCUT2D eigenvalue weighted by molar-refractivity contribution is -0.384. The highest BCUT2D eigenvalue weighted by Gasteiger charge is 2.07. The highest BCUT2D eigenvalue weighted by molar-refractivity contribution is 5.85. The molecule has 102 valence electrons. The summed E-state index contributed by atoms with van der Waals surface area (Å²) in [5.74, 6) is -0.950. The molecule has 1 heterocycles. The maximum Gasteiger partial charge on any atom is 0.354 e. The molecule has 0 aliphatic carbocycles. The number of benzene rings is 1.